The number of hydrogen-bond acceptors (Lipinski definition) is 3. The third-order valence-electron chi connectivity index (χ3n) is 1.95. The van der Waals surface area contributed by atoms with Gasteiger partial charge in [0.25, 0.3) is 0 Å². The molecular weight excluding hydrogens is 250 g/mol. The number of carboxylic acids is 1. The SMILES string of the molecule is CC(N)(CCn1cc(Br)cn1)C(=O)O. The number of nitrogens with two attached hydrogens (primary N) is 1. The van der Waals surface area contributed by atoms with E-state index in [9.17, 15) is 4.79 Å². The van der Waals surface area contributed by atoms with Crippen LogP contribution < -0.4 is 5.73 Å². The molecule has 1 rings (SSSR count). The summed E-state index contributed by atoms with van der Waals surface area (Å²) in [5.74, 6) is -0.997. The van der Waals surface area contributed by atoms with Crippen molar-refractivity contribution in [2.45, 2.75) is 25.4 Å². The third-order valence-corrected chi connectivity index (χ3v) is 2.36. The van der Waals surface area contributed by atoms with Crippen molar-refractivity contribution < 1.29 is 9.90 Å². The molecule has 1 aromatic heterocycles. The molecule has 1 unspecified atom stereocenters. The van der Waals surface area contributed by atoms with Crippen molar-refractivity contribution in [3.05, 3.63) is 16.9 Å². The number of nitrogens with zero attached hydrogens (tertiary/aromatic N) is 2. The number of aromatic nitrogens is 2. The van der Waals surface area contributed by atoms with E-state index >= 15 is 0 Å². The molecule has 0 aliphatic carbocycles. The lowest BCUT2D eigenvalue weighted by atomic mass is 10.00. The molecule has 0 fully saturated rings. The smallest absolute Gasteiger partial charge is 0.323 e. The first-order valence-electron chi connectivity index (χ1n) is 4.12. The largest absolute Gasteiger partial charge is 0.480 e. The molecule has 0 aliphatic heterocycles. The van der Waals surface area contributed by atoms with Gasteiger partial charge in [0.1, 0.15) is 5.54 Å². The molecule has 5 nitrogen and oxygen atoms in total. The Kier molecular flexibility index (Phi) is 3.28. The van der Waals surface area contributed by atoms with Crippen LogP contribution in [-0.4, -0.2) is 26.4 Å². The summed E-state index contributed by atoms with van der Waals surface area (Å²) in [6.45, 7) is 1.98. The maximum Gasteiger partial charge on any atom is 0.323 e. The lowest BCUT2D eigenvalue weighted by molar-refractivity contribution is -0.143. The van der Waals surface area contributed by atoms with E-state index in [1.807, 2.05) is 0 Å². The van der Waals surface area contributed by atoms with Crippen LogP contribution in [0.1, 0.15) is 13.3 Å². The van der Waals surface area contributed by atoms with E-state index in [-0.39, 0.29) is 0 Å². The molecule has 6 heteroatoms. The average Bonchev–Trinajstić information content (AvgIpc) is 2.48. The van der Waals surface area contributed by atoms with Crippen molar-refractivity contribution in [2.24, 2.45) is 5.73 Å². The quantitative estimate of drug-likeness (QED) is 0.842. The zero-order valence-corrected chi connectivity index (χ0v) is 9.36. The van der Waals surface area contributed by atoms with Gasteiger partial charge in [0, 0.05) is 12.7 Å². The minimum absolute atomic E-state index is 0.344. The molecule has 78 valence electrons. The summed E-state index contributed by atoms with van der Waals surface area (Å²) in [7, 11) is 0. The predicted molar refractivity (Wildman–Crippen MR) is 54.8 cm³/mol. The van der Waals surface area contributed by atoms with Crippen LogP contribution in [0.2, 0.25) is 0 Å². The molecule has 1 heterocycles. The Hall–Kier alpha value is -0.880. The average molecular weight is 262 g/mol. The highest BCUT2D eigenvalue weighted by Gasteiger charge is 2.27. The lowest BCUT2D eigenvalue weighted by Crippen LogP contribution is -2.45. The van der Waals surface area contributed by atoms with E-state index in [1.54, 1.807) is 17.1 Å². The summed E-state index contributed by atoms with van der Waals surface area (Å²) in [6, 6.07) is 0. The van der Waals surface area contributed by atoms with Crippen molar-refractivity contribution in [3.63, 3.8) is 0 Å². The fourth-order valence-corrected chi connectivity index (χ4v) is 1.24. The second-order valence-electron chi connectivity index (χ2n) is 3.39. The van der Waals surface area contributed by atoms with Crippen LogP contribution in [0.3, 0.4) is 0 Å². The molecule has 0 saturated carbocycles. The summed E-state index contributed by atoms with van der Waals surface area (Å²) in [6.07, 6.45) is 3.77. The third kappa shape index (κ3) is 2.81. The number of aryl methyl sites for hydroxylation is 1. The van der Waals surface area contributed by atoms with Gasteiger partial charge in [-0.05, 0) is 29.3 Å². The van der Waals surface area contributed by atoms with Gasteiger partial charge < -0.3 is 10.8 Å². The van der Waals surface area contributed by atoms with E-state index in [4.69, 9.17) is 10.8 Å². The van der Waals surface area contributed by atoms with E-state index in [1.165, 1.54) is 6.92 Å². The molecule has 14 heavy (non-hydrogen) atoms. The maximum atomic E-state index is 10.7. The number of aliphatic carboxylic acids is 1. The van der Waals surface area contributed by atoms with E-state index in [0.717, 1.165) is 4.47 Å². The Morgan fingerprint density at radius 1 is 1.86 bits per heavy atom. The van der Waals surface area contributed by atoms with Gasteiger partial charge in [0.05, 0.1) is 10.7 Å². The number of halogens is 1. The Balaban J connectivity index is 2.52. The summed E-state index contributed by atoms with van der Waals surface area (Å²) in [4.78, 5) is 10.7. The lowest BCUT2D eigenvalue weighted by Gasteiger charge is -2.18. The first-order chi connectivity index (χ1) is 6.42. The zero-order chi connectivity index (χ0) is 10.8. The van der Waals surface area contributed by atoms with Crippen LogP contribution in [0, 0.1) is 0 Å². The van der Waals surface area contributed by atoms with Gasteiger partial charge in [-0.2, -0.15) is 5.10 Å². The van der Waals surface area contributed by atoms with Crippen molar-refractivity contribution in [1.29, 1.82) is 0 Å². The molecule has 0 aliphatic rings. The monoisotopic (exact) mass is 261 g/mol. The van der Waals surface area contributed by atoms with Crippen LogP contribution in [0.25, 0.3) is 0 Å². The van der Waals surface area contributed by atoms with Gasteiger partial charge in [0.2, 0.25) is 0 Å². The minimum atomic E-state index is -1.20. The summed E-state index contributed by atoms with van der Waals surface area (Å²) >= 11 is 3.25. The van der Waals surface area contributed by atoms with Crippen LogP contribution in [0.15, 0.2) is 16.9 Å². The minimum Gasteiger partial charge on any atom is -0.480 e. The second-order valence-corrected chi connectivity index (χ2v) is 4.31. The highest BCUT2D eigenvalue weighted by atomic mass is 79.9. The topological polar surface area (TPSA) is 81.1 Å². The molecule has 0 spiro atoms. The van der Waals surface area contributed by atoms with E-state index in [0.29, 0.717) is 13.0 Å². The molecule has 0 amide bonds. The van der Waals surface area contributed by atoms with Gasteiger partial charge in [-0.1, -0.05) is 0 Å². The standard InChI is InChI=1S/C8H12BrN3O2/c1-8(10,7(13)14)2-3-12-5-6(9)4-11-12/h4-5H,2-3,10H2,1H3,(H,13,14). The molecule has 1 aromatic rings. The van der Waals surface area contributed by atoms with Crippen LogP contribution in [-0.2, 0) is 11.3 Å². The number of rotatable bonds is 4. The molecule has 3 N–H and O–H groups in total. The van der Waals surface area contributed by atoms with Gasteiger partial charge in [-0.15, -0.1) is 0 Å². The maximum absolute atomic E-state index is 10.7. The molecule has 1 atom stereocenters. The first kappa shape index (κ1) is 11.2. The molecular formula is C8H12BrN3O2. The van der Waals surface area contributed by atoms with E-state index < -0.39 is 11.5 Å². The second kappa shape index (κ2) is 4.10. The number of carboxylic acid groups (broad SMARTS) is 1. The fourth-order valence-electron chi connectivity index (χ4n) is 0.914. The van der Waals surface area contributed by atoms with Gasteiger partial charge in [0.15, 0.2) is 0 Å². The Labute approximate surface area is 90.0 Å². The number of carbonyl (C=O) groups is 1. The summed E-state index contributed by atoms with van der Waals surface area (Å²) in [5.41, 5.74) is 4.37. The van der Waals surface area contributed by atoms with Gasteiger partial charge in [-0.25, -0.2) is 0 Å². The van der Waals surface area contributed by atoms with Crippen molar-refractivity contribution in [1.82, 2.24) is 9.78 Å². The highest BCUT2D eigenvalue weighted by Crippen LogP contribution is 2.10. The highest BCUT2D eigenvalue weighted by molar-refractivity contribution is 9.10. The Morgan fingerprint density at radius 2 is 2.50 bits per heavy atom. The Morgan fingerprint density at radius 3 is 2.93 bits per heavy atom. The normalized spacial score (nSPS) is 15.1. The summed E-state index contributed by atoms with van der Waals surface area (Å²) in [5, 5.41) is 12.8. The fraction of sp³-hybridized carbons (Fsp3) is 0.500. The molecule has 0 saturated heterocycles. The van der Waals surface area contributed by atoms with Crippen molar-refractivity contribution in [3.8, 4) is 0 Å². The first-order valence-corrected chi connectivity index (χ1v) is 4.91. The number of hydrogen-bond donors (Lipinski definition) is 2. The van der Waals surface area contributed by atoms with Crippen LogP contribution in [0.5, 0.6) is 0 Å². The molecule has 0 aromatic carbocycles. The predicted octanol–water partition coefficient (Wildman–Crippen LogP) is 0.838. The van der Waals surface area contributed by atoms with Crippen LogP contribution >= 0.6 is 15.9 Å². The van der Waals surface area contributed by atoms with Crippen molar-refractivity contribution in [2.75, 3.05) is 0 Å². The summed E-state index contributed by atoms with van der Waals surface area (Å²) < 4.78 is 2.52. The van der Waals surface area contributed by atoms with Gasteiger partial charge >= 0.3 is 5.97 Å². The Bertz CT molecular complexity index is 335. The zero-order valence-electron chi connectivity index (χ0n) is 7.77. The van der Waals surface area contributed by atoms with Crippen molar-refractivity contribution >= 4 is 21.9 Å². The van der Waals surface area contributed by atoms with Crippen LogP contribution in [0.4, 0.5) is 0 Å². The molecule has 0 bridgehead atoms. The van der Waals surface area contributed by atoms with Gasteiger partial charge in [-0.3, -0.25) is 9.48 Å². The molecule has 0 radical (unpaired) electrons. The van der Waals surface area contributed by atoms with E-state index in [2.05, 4.69) is 21.0 Å².